The van der Waals surface area contributed by atoms with Crippen LogP contribution >= 0.6 is 11.6 Å². The van der Waals surface area contributed by atoms with E-state index in [0.717, 1.165) is 5.56 Å². The predicted molar refractivity (Wildman–Crippen MR) is 88.0 cm³/mol. The van der Waals surface area contributed by atoms with E-state index in [1.807, 2.05) is 37.3 Å². The van der Waals surface area contributed by atoms with E-state index < -0.39 is 0 Å². The summed E-state index contributed by atoms with van der Waals surface area (Å²) in [6.45, 7) is 3.26. The second-order valence-corrected chi connectivity index (χ2v) is 5.16. The molecular formula is C17H19ClN2O2. The van der Waals surface area contributed by atoms with E-state index in [9.17, 15) is 4.79 Å². The minimum atomic E-state index is -0.152. The predicted octanol–water partition coefficient (Wildman–Crippen LogP) is 3.91. The Morgan fingerprint density at radius 2 is 1.82 bits per heavy atom. The van der Waals surface area contributed by atoms with Gasteiger partial charge in [-0.3, -0.25) is 0 Å². The molecule has 0 aliphatic carbocycles. The molecule has 0 spiro atoms. The van der Waals surface area contributed by atoms with Crippen LogP contribution in [0.25, 0.3) is 0 Å². The summed E-state index contributed by atoms with van der Waals surface area (Å²) in [6, 6.07) is 16.7. The first kappa shape index (κ1) is 16.2. The van der Waals surface area contributed by atoms with Crippen LogP contribution in [0.1, 0.15) is 12.5 Å². The van der Waals surface area contributed by atoms with Crippen molar-refractivity contribution in [3.8, 4) is 5.75 Å². The van der Waals surface area contributed by atoms with Crippen LogP contribution < -0.4 is 10.1 Å². The minimum absolute atomic E-state index is 0.117. The number of hydrogen-bond donors (Lipinski definition) is 1. The molecule has 0 fully saturated rings. The molecule has 0 atom stereocenters. The fourth-order valence-corrected chi connectivity index (χ4v) is 2.08. The third kappa shape index (κ3) is 4.97. The highest BCUT2D eigenvalue weighted by Crippen LogP contribution is 2.15. The molecule has 0 saturated carbocycles. The highest BCUT2D eigenvalue weighted by molar-refractivity contribution is 6.30. The number of nitrogens with zero attached hydrogens (tertiary/aromatic N) is 1. The maximum atomic E-state index is 12.1. The molecule has 0 aromatic heterocycles. The molecule has 0 bridgehead atoms. The zero-order chi connectivity index (χ0) is 15.8. The number of hydrogen-bond acceptors (Lipinski definition) is 2. The Morgan fingerprint density at radius 3 is 2.45 bits per heavy atom. The van der Waals surface area contributed by atoms with E-state index in [1.165, 1.54) is 0 Å². The first-order chi connectivity index (χ1) is 10.7. The van der Waals surface area contributed by atoms with Crippen molar-refractivity contribution in [2.45, 2.75) is 13.5 Å². The van der Waals surface area contributed by atoms with Crippen molar-refractivity contribution in [1.82, 2.24) is 10.2 Å². The van der Waals surface area contributed by atoms with E-state index >= 15 is 0 Å². The van der Waals surface area contributed by atoms with Crippen molar-refractivity contribution >= 4 is 17.6 Å². The van der Waals surface area contributed by atoms with Gasteiger partial charge in [0.2, 0.25) is 0 Å². The van der Waals surface area contributed by atoms with Crippen LogP contribution in [0.3, 0.4) is 0 Å². The summed E-state index contributed by atoms with van der Waals surface area (Å²) in [7, 11) is 0. The first-order valence-electron chi connectivity index (χ1n) is 7.14. The lowest BCUT2D eigenvalue weighted by Gasteiger charge is -2.21. The Balaban J connectivity index is 1.80. The standard InChI is InChI=1S/C17H19ClN2O2/c1-2-20(12-14-6-4-3-5-7-14)17(21)19-13-22-16-10-8-15(18)9-11-16/h3-11H,2,12-13H2,1H3,(H,19,21). The molecule has 0 aliphatic heterocycles. The first-order valence-corrected chi connectivity index (χ1v) is 7.52. The topological polar surface area (TPSA) is 41.6 Å². The van der Waals surface area contributed by atoms with Gasteiger partial charge in [-0.1, -0.05) is 41.9 Å². The molecule has 2 amide bonds. The van der Waals surface area contributed by atoms with Gasteiger partial charge in [-0.25, -0.2) is 4.79 Å². The van der Waals surface area contributed by atoms with E-state index in [4.69, 9.17) is 16.3 Å². The number of carbonyl (C=O) groups excluding carboxylic acids is 1. The Bertz CT molecular complexity index is 587. The van der Waals surface area contributed by atoms with Crippen LogP contribution in [0.2, 0.25) is 5.02 Å². The molecule has 0 unspecified atom stereocenters. The van der Waals surface area contributed by atoms with Gasteiger partial charge in [0.25, 0.3) is 0 Å². The van der Waals surface area contributed by atoms with Crippen molar-refractivity contribution < 1.29 is 9.53 Å². The zero-order valence-corrected chi connectivity index (χ0v) is 13.2. The molecule has 0 radical (unpaired) electrons. The monoisotopic (exact) mass is 318 g/mol. The molecule has 0 aliphatic rings. The van der Waals surface area contributed by atoms with Crippen LogP contribution in [0.15, 0.2) is 54.6 Å². The fourth-order valence-electron chi connectivity index (χ4n) is 1.95. The summed E-state index contributed by atoms with van der Waals surface area (Å²) in [5, 5.41) is 3.40. The quantitative estimate of drug-likeness (QED) is 0.820. The average molecular weight is 319 g/mol. The molecule has 0 saturated heterocycles. The van der Waals surface area contributed by atoms with Crippen molar-refractivity contribution in [2.24, 2.45) is 0 Å². The van der Waals surface area contributed by atoms with Crippen LogP contribution in [0.4, 0.5) is 4.79 Å². The summed E-state index contributed by atoms with van der Waals surface area (Å²) in [5.41, 5.74) is 1.10. The summed E-state index contributed by atoms with van der Waals surface area (Å²) < 4.78 is 5.46. The van der Waals surface area contributed by atoms with Gasteiger partial charge in [-0.2, -0.15) is 0 Å². The normalized spacial score (nSPS) is 10.1. The van der Waals surface area contributed by atoms with Crippen molar-refractivity contribution in [1.29, 1.82) is 0 Å². The molecule has 4 nitrogen and oxygen atoms in total. The molecule has 1 N–H and O–H groups in total. The maximum Gasteiger partial charge on any atom is 0.320 e. The molecule has 2 aromatic rings. The van der Waals surface area contributed by atoms with Gasteiger partial charge in [-0.15, -0.1) is 0 Å². The summed E-state index contributed by atoms with van der Waals surface area (Å²) >= 11 is 5.80. The number of rotatable bonds is 6. The number of ether oxygens (including phenoxy) is 1. The van der Waals surface area contributed by atoms with E-state index in [2.05, 4.69) is 5.32 Å². The fraction of sp³-hybridized carbons (Fsp3) is 0.235. The number of amides is 2. The SMILES string of the molecule is CCN(Cc1ccccc1)C(=O)NCOc1ccc(Cl)cc1. The summed E-state index contributed by atoms with van der Waals surface area (Å²) in [4.78, 5) is 13.9. The van der Waals surface area contributed by atoms with Gasteiger partial charge in [0.15, 0.2) is 6.73 Å². The minimum Gasteiger partial charge on any atom is -0.473 e. The van der Waals surface area contributed by atoms with Gasteiger partial charge in [0.05, 0.1) is 0 Å². The van der Waals surface area contributed by atoms with Gasteiger partial charge >= 0.3 is 6.03 Å². The lowest BCUT2D eigenvalue weighted by Crippen LogP contribution is -2.41. The molecular weight excluding hydrogens is 300 g/mol. The van der Waals surface area contributed by atoms with Crippen molar-refractivity contribution in [2.75, 3.05) is 13.3 Å². The molecule has 0 heterocycles. The summed E-state index contributed by atoms with van der Waals surface area (Å²) in [6.07, 6.45) is 0. The summed E-state index contributed by atoms with van der Waals surface area (Å²) in [5.74, 6) is 0.663. The lowest BCUT2D eigenvalue weighted by atomic mass is 10.2. The van der Waals surface area contributed by atoms with E-state index in [-0.39, 0.29) is 12.8 Å². The highest BCUT2D eigenvalue weighted by Gasteiger charge is 2.11. The third-order valence-electron chi connectivity index (χ3n) is 3.16. The highest BCUT2D eigenvalue weighted by atomic mass is 35.5. The third-order valence-corrected chi connectivity index (χ3v) is 3.41. The van der Waals surface area contributed by atoms with Crippen molar-refractivity contribution in [3.05, 3.63) is 65.2 Å². The largest absolute Gasteiger partial charge is 0.473 e. The van der Waals surface area contributed by atoms with Crippen LogP contribution in [0.5, 0.6) is 5.75 Å². The number of nitrogens with one attached hydrogen (secondary N) is 1. The number of halogens is 1. The van der Waals surface area contributed by atoms with E-state index in [0.29, 0.717) is 23.9 Å². The molecule has 116 valence electrons. The Kier molecular flexibility index (Phi) is 6.10. The molecule has 2 rings (SSSR count). The van der Waals surface area contributed by atoms with Crippen LogP contribution in [-0.4, -0.2) is 24.2 Å². The van der Waals surface area contributed by atoms with E-state index in [1.54, 1.807) is 29.2 Å². The van der Waals surface area contributed by atoms with Gasteiger partial charge in [0.1, 0.15) is 5.75 Å². The molecule has 2 aromatic carbocycles. The molecule has 5 heteroatoms. The Morgan fingerprint density at radius 1 is 1.14 bits per heavy atom. The van der Waals surface area contributed by atoms with Gasteiger partial charge in [0, 0.05) is 18.1 Å². The number of carbonyl (C=O) groups is 1. The van der Waals surface area contributed by atoms with Gasteiger partial charge < -0.3 is 15.0 Å². The lowest BCUT2D eigenvalue weighted by molar-refractivity contribution is 0.184. The van der Waals surface area contributed by atoms with Crippen LogP contribution in [0, 0.1) is 0 Å². The van der Waals surface area contributed by atoms with Crippen LogP contribution in [-0.2, 0) is 6.54 Å². The Labute approximate surface area is 135 Å². The number of urea groups is 1. The smallest absolute Gasteiger partial charge is 0.320 e. The maximum absolute atomic E-state index is 12.1. The zero-order valence-electron chi connectivity index (χ0n) is 12.5. The number of benzene rings is 2. The Hall–Kier alpha value is -2.20. The van der Waals surface area contributed by atoms with Gasteiger partial charge in [-0.05, 0) is 36.8 Å². The molecule has 22 heavy (non-hydrogen) atoms. The average Bonchev–Trinajstić information content (AvgIpc) is 2.55. The van der Waals surface area contributed by atoms with Crippen molar-refractivity contribution in [3.63, 3.8) is 0 Å². The second-order valence-electron chi connectivity index (χ2n) is 4.72. The second kappa shape index (κ2) is 8.29.